The molecule has 0 saturated heterocycles. The van der Waals surface area contributed by atoms with Gasteiger partial charge in [-0.2, -0.15) is 9.40 Å². The quantitative estimate of drug-likeness (QED) is 0.809. The van der Waals surface area contributed by atoms with Crippen LogP contribution in [0, 0.1) is 0 Å². The lowest BCUT2D eigenvalue weighted by Crippen LogP contribution is -2.31. The summed E-state index contributed by atoms with van der Waals surface area (Å²) in [5.41, 5.74) is 1.60. The third kappa shape index (κ3) is 3.49. The molecule has 114 valence electrons. The molecule has 0 aliphatic rings. The van der Waals surface area contributed by atoms with Crippen molar-refractivity contribution in [3.63, 3.8) is 0 Å². The average molecular weight is 308 g/mol. The number of aromatic amines is 1. The molecular formula is C14H20N4O2S. The summed E-state index contributed by atoms with van der Waals surface area (Å²) in [6.45, 7) is 3.02. The first-order valence-electron chi connectivity index (χ1n) is 6.80. The number of benzene rings is 1. The number of sulfonamides is 1. The van der Waals surface area contributed by atoms with Crippen LogP contribution in [0.25, 0.3) is 0 Å². The molecule has 0 atom stereocenters. The van der Waals surface area contributed by atoms with Crippen LogP contribution in [0.4, 0.5) is 0 Å². The summed E-state index contributed by atoms with van der Waals surface area (Å²) in [6, 6.07) is 9.55. The van der Waals surface area contributed by atoms with Crippen molar-refractivity contribution in [3.05, 3.63) is 47.7 Å². The van der Waals surface area contributed by atoms with E-state index in [9.17, 15) is 8.42 Å². The fourth-order valence-electron chi connectivity index (χ4n) is 2.12. The molecule has 6 nitrogen and oxygen atoms in total. The maximum Gasteiger partial charge on any atom is 0.260 e. The van der Waals surface area contributed by atoms with Crippen LogP contribution in [-0.2, 0) is 23.1 Å². The Morgan fingerprint density at radius 1 is 1.29 bits per heavy atom. The number of rotatable bonds is 7. The molecule has 2 aromatic rings. The molecule has 1 aromatic heterocycles. The van der Waals surface area contributed by atoms with E-state index < -0.39 is 10.0 Å². The topological polar surface area (TPSA) is 78.1 Å². The van der Waals surface area contributed by atoms with E-state index in [0.29, 0.717) is 25.2 Å². The second-order valence-electron chi connectivity index (χ2n) is 4.67. The van der Waals surface area contributed by atoms with Crippen LogP contribution in [0.3, 0.4) is 0 Å². The predicted octanol–water partition coefficient (Wildman–Crippen LogP) is 1.34. The number of hydrogen-bond donors (Lipinski definition) is 2. The summed E-state index contributed by atoms with van der Waals surface area (Å²) in [5, 5.41) is 9.58. The third-order valence-electron chi connectivity index (χ3n) is 3.20. The van der Waals surface area contributed by atoms with E-state index in [1.165, 1.54) is 4.31 Å². The molecule has 0 bridgehead atoms. The maximum atomic E-state index is 12.8. The zero-order chi connectivity index (χ0) is 15.3. The van der Waals surface area contributed by atoms with Gasteiger partial charge in [0.05, 0.1) is 6.20 Å². The van der Waals surface area contributed by atoms with Crippen molar-refractivity contribution in [1.82, 2.24) is 19.8 Å². The molecule has 0 aliphatic carbocycles. The minimum Gasteiger partial charge on any atom is -0.316 e. The second-order valence-corrected chi connectivity index (χ2v) is 6.55. The number of aromatic nitrogens is 2. The van der Waals surface area contributed by atoms with E-state index in [-0.39, 0.29) is 5.03 Å². The van der Waals surface area contributed by atoms with Gasteiger partial charge in [0.15, 0.2) is 5.03 Å². The van der Waals surface area contributed by atoms with Crippen molar-refractivity contribution < 1.29 is 8.42 Å². The minimum atomic E-state index is -3.58. The van der Waals surface area contributed by atoms with E-state index in [1.54, 1.807) is 13.2 Å². The molecule has 0 radical (unpaired) electrons. The summed E-state index contributed by atoms with van der Waals surface area (Å²) in [5.74, 6) is 0. The molecule has 21 heavy (non-hydrogen) atoms. The van der Waals surface area contributed by atoms with Gasteiger partial charge < -0.3 is 5.32 Å². The van der Waals surface area contributed by atoms with Crippen LogP contribution in [0.5, 0.6) is 0 Å². The van der Waals surface area contributed by atoms with Crippen LogP contribution < -0.4 is 5.32 Å². The summed E-state index contributed by atoms with van der Waals surface area (Å²) in [6.07, 6.45) is 1.54. The highest BCUT2D eigenvalue weighted by molar-refractivity contribution is 7.89. The minimum absolute atomic E-state index is 0.162. The molecule has 0 spiro atoms. The van der Waals surface area contributed by atoms with Crippen LogP contribution in [0.1, 0.15) is 18.1 Å². The zero-order valence-electron chi connectivity index (χ0n) is 12.2. The molecular weight excluding hydrogens is 288 g/mol. The summed E-state index contributed by atoms with van der Waals surface area (Å²) in [4.78, 5) is 0. The molecule has 0 amide bonds. The van der Waals surface area contributed by atoms with Gasteiger partial charge in [-0.05, 0) is 12.6 Å². The van der Waals surface area contributed by atoms with Crippen molar-refractivity contribution in [2.45, 2.75) is 25.0 Å². The van der Waals surface area contributed by atoms with Crippen LogP contribution in [0.15, 0.2) is 41.6 Å². The van der Waals surface area contributed by atoms with Gasteiger partial charge in [-0.3, -0.25) is 5.10 Å². The lowest BCUT2D eigenvalue weighted by Gasteiger charge is -2.20. The summed E-state index contributed by atoms with van der Waals surface area (Å²) >= 11 is 0. The molecule has 1 aromatic carbocycles. The second kappa shape index (κ2) is 6.84. The lowest BCUT2D eigenvalue weighted by atomic mass is 10.2. The first-order chi connectivity index (χ1) is 10.1. The Balaban J connectivity index is 2.29. The third-order valence-corrected chi connectivity index (χ3v) is 5.13. The highest BCUT2D eigenvalue weighted by atomic mass is 32.2. The Labute approximate surface area is 125 Å². The fraction of sp³-hybridized carbons (Fsp3) is 0.357. The van der Waals surface area contributed by atoms with E-state index in [1.807, 2.05) is 37.3 Å². The van der Waals surface area contributed by atoms with Gasteiger partial charge in [0.25, 0.3) is 10.0 Å². The molecule has 1 heterocycles. The van der Waals surface area contributed by atoms with Crippen molar-refractivity contribution >= 4 is 10.0 Å². The monoisotopic (exact) mass is 308 g/mol. The molecule has 7 heteroatoms. The highest BCUT2D eigenvalue weighted by Gasteiger charge is 2.27. The molecule has 0 fully saturated rings. The summed E-state index contributed by atoms with van der Waals surface area (Å²) < 4.78 is 26.9. The van der Waals surface area contributed by atoms with Gasteiger partial charge in [-0.15, -0.1) is 0 Å². The normalized spacial score (nSPS) is 12.0. The maximum absolute atomic E-state index is 12.8. The smallest absolute Gasteiger partial charge is 0.260 e. The molecule has 0 unspecified atom stereocenters. The van der Waals surface area contributed by atoms with Crippen LogP contribution in [-0.4, -0.2) is 36.5 Å². The largest absolute Gasteiger partial charge is 0.316 e. The molecule has 0 aliphatic heterocycles. The predicted molar refractivity (Wildman–Crippen MR) is 81.1 cm³/mol. The summed E-state index contributed by atoms with van der Waals surface area (Å²) in [7, 11) is -1.81. The van der Waals surface area contributed by atoms with Gasteiger partial charge in [-0.25, -0.2) is 8.42 Å². The Bertz CT molecular complexity index is 667. The van der Waals surface area contributed by atoms with Crippen molar-refractivity contribution in [2.75, 3.05) is 13.6 Å². The van der Waals surface area contributed by atoms with Gasteiger partial charge in [0.1, 0.15) is 0 Å². The molecule has 2 N–H and O–H groups in total. The number of nitrogens with zero attached hydrogens (tertiary/aromatic N) is 2. The van der Waals surface area contributed by atoms with E-state index in [4.69, 9.17) is 0 Å². The number of nitrogens with one attached hydrogen (secondary N) is 2. The first kappa shape index (κ1) is 15.7. The molecule has 0 saturated carbocycles. The first-order valence-corrected chi connectivity index (χ1v) is 8.24. The van der Waals surface area contributed by atoms with Crippen molar-refractivity contribution in [3.8, 4) is 0 Å². The number of hydrogen-bond acceptors (Lipinski definition) is 4. The van der Waals surface area contributed by atoms with Crippen molar-refractivity contribution in [1.29, 1.82) is 0 Å². The fourth-order valence-corrected chi connectivity index (χ4v) is 3.66. The van der Waals surface area contributed by atoms with E-state index in [2.05, 4.69) is 15.5 Å². The highest BCUT2D eigenvalue weighted by Crippen LogP contribution is 2.19. The molecule has 2 rings (SSSR count). The van der Waals surface area contributed by atoms with Gasteiger partial charge in [-0.1, -0.05) is 37.3 Å². The van der Waals surface area contributed by atoms with Crippen molar-refractivity contribution in [2.24, 2.45) is 0 Å². The Morgan fingerprint density at radius 3 is 2.62 bits per heavy atom. The number of H-pyrrole nitrogens is 1. The van der Waals surface area contributed by atoms with Gasteiger partial charge >= 0.3 is 0 Å². The van der Waals surface area contributed by atoms with E-state index in [0.717, 1.165) is 5.56 Å². The van der Waals surface area contributed by atoms with Crippen LogP contribution in [0.2, 0.25) is 0 Å². The standard InChI is InChI=1S/C14H20N4O2S/c1-3-18(11-12-7-5-4-6-8-12)21(19,20)14-13(9-15-2)10-16-17-14/h4-8,10,15H,3,9,11H2,1-2H3,(H,16,17). The Hall–Kier alpha value is -1.70. The van der Waals surface area contributed by atoms with Gasteiger partial charge in [0, 0.05) is 25.2 Å². The Kier molecular flexibility index (Phi) is 5.11. The lowest BCUT2D eigenvalue weighted by molar-refractivity contribution is 0.420. The van der Waals surface area contributed by atoms with E-state index >= 15 is 0 Å². The average Bonchev–Trinajstić information content (AvgIpc) is 2.95. The Morgan fingerprint density at radius 2 is 2.00 bits per heavy atom. The van der Waals surface area contributed by atoms with Crippen LogP contribution >= 0.6 is 0 Å². The zero-order valence-corrected chi connectivity index (χ0v) is 13.0. The SMILES string of the molecule is CCN(Cc1ccccc1)S(=O)(=O)c1[nH]ncc1CNC. The van der Waals surface area contributed by atoms with Gasteiger partial charge in [0.2, 0.25) is 0 Å².